The summed E-state index contributed by atoms with van der Waals surface area (Å²) < 4.78 is 0. The molecule has 0 radical (unpaired) electrons. The molecule has 2 aromatic carbocycles. The van der Waals surface area contributed by atoms with Gasteiger partial charge in [0.1, 0.15) is 18.1 Å². The summed E-state index contributed by atoms with van der Waals surface area (Å²) in [6, 6.07) is 11.6. The van der Waals surface area contributed by atoms with E-state index in [4.69, 9.17) is 0 Å². The van der Waals surface area contributed by atoms with Crippen LogP contribution < -0.4 is 15.5 Å². The second-order valence-electron chi connectivity index (χ2n) is 8.99. The van der Waals surface area contributed by atoms with Crippen LogP contribution in [0.4, 0.5) is 5.69 Å². The van der Waals surface area contributed by atoms with Gasteiger partial charge in [-0.1, -0.05) is 56.7 Å². The monoisotopic (exact) mass is 463 g/mol. The van der Waals surface area contributed by atoms with Gasteiger partial charge in [0.15, 0.2) is 0 Å². The molecule has 2 heterocycles. The lowest BCUT2D eigenvalue weighted by atomic mass is 9.96. The number of aliphatic carboxylic acids is 1. The molecule has 2 aromatic rings. The van der Waals surface area contributed by atoms with Gasteiger partial charge in [0.05, 0.1) is 5.69 Å². The minimum atomic E-state index is -1.07. The Morgan fingerprint density at radius 3 is 2.47 bits per heavy atom. The van der Waals surface area contributed by atoms with Crippen molar-refractivity contribution in [2.75, 3.05) is 4.90 Å². The number of hydrogen-bond donors (Lipinski definition) is 3. The largest absolute Gasteiger partial charge is 0.480 e. The van der Waals surface area contributed by atoms with E-state index in [1.807, 2.05) is 32.0 Å². The van der Waals surface area contributed by atoms with Crippen LogP contribution in [-0.2, 0) is 27.2 Å². The normalized spacial score (nSPS) is 20.6. The predicted molar refractivity (Wildman–Crippen MR) is 126 cm³/mol. The van der Waals surface area contributed by atoms with Crippen LogP contribution in [0.15, 0.2) is 48.5 Å². The van der Waals surface area contributed by atoms with Crippen molar-refractivity contribution < 1.29 is 24.3 Å². The number of carbonyl (C=O) groups excluding carboxylic acids is 3. The van der Waals surface area contributed by atoms with Gasteiger partial charge in [-0.3, -0.25) is 19.3 Å². The van der Waals surface area contributed by atoms with Crippen molar-refractivity contribution in [1.82, 2.24) is 10.6 Å². The van der Waals surface area contributed by atoms with Crippen LogP contribution in [0.1, 0.15) is 48.2 Å². The van der Waals surface area contributed by atoms with Gasteiger partial charge in [0, 0.05) is 12.0 Å². The van der Waals surface area contributed by atoms with Gasteiger partial charge >= 0.3 is 5.97 Å². The van der Waals surface area contributed by atoms with E-state index in [1.165, 1.54) is 4.90 Å². The summed E-state index contributed by atoms with van der Waals surface area (Å²) in [5, 5.41) is 15.4. The summed E-state index contributed by atoms with van der Waals surface area (Å²) >= 11 is 0. The first-order valence-corrected chi connectivity index (χ1v) is 11.6. The van der Waals surface area contributed by atoms with E-state index >= 15 is 0 Å². The van der Waals surface area contributed by atoms with Crippen LogP contribution in [-0.4, -0.2) is 46.9 Å². The Morgan fingerprint density at radius 2 is 1.79 bits per heavy atom. The Hall–Kier alpha value is -3.68. The van der Waals surface area contributed by atoms with Crippen LogP contribution >= 0.6 is 0 Å². The molecule has 4 rings (SSSR count). The minimum absolute atomic E-state index is 0.170. The molecule has 3 N–H and O–H groups in total. The molecule has 2 aliphatic heterocycles. The topological polar surface area (TPSA) is 116 Å². The fraction of sp³-hybridized carbons (Fsp3) is 0.385. The fourth-order valence-electron chi connectivity index (χ4n) is 4.74. The number of nitrogens with zero attached hydrogens (tertiary/aromatic N) is 1. The number of hydrogen-bond acceptors (Lipinski definition) is 4. The molecule has 0 aliphatic carbocycles. The lowest BCUT2D eigenvalue weighted by molar-refractivity contribution is -0.140. The van der Waals surface area contributed by atoms with Gasteiger partial charge in [0.2, 0.25) is 11.8 Å². The average Bonchev–Trinajstić information content (AvgIpc) is 3.19. The summed E-state index contributed by atoms with van der Waals surface area (Å²) in [7, 11) is 0. The zero-order valence-electron chi connectivity index (χ0n) is 19.3. The Kier molecular flexibility index (Phi) is 6.68. The summed E-state index contributed by atoms with van der Waals surface area (Å²) in [5.74, 6) is -2.49. The van der Waals surface area contributed by atoms with E-state index in [2.05, 4.69) is 10.6 Å². The summed E-state index contributed by atoms with van der Waals surface area (Å²) in [6.45, 7) is 3.80. The zero-order valence-corrected chi connectivity index (χ0v) is 19.3. The van der Waals surface area contributed by atoms with E-state index in [0.717, 1.165) is 11.1 Å². The third kappa shape index (κ3) is 4.40. The highest BCUT2D eigenvalue weighted by molar-refractivity contribution is 6.07. The highest BCUT2D eigenvalue weighted by Gasteiger charge is 2.44. The summed E-state index contributed by atoms with van der Waals surface area (Å²) in [5.41, 5.74) is 2.84. The first-order valence-electron chi connectivity index (χ1n) is 11.6. The molecule has 0 saturated heterocycles. The number of carboxylic acid groups (broad SMARTS) is 1. The van der Waals surface area contributed by atoms with Crippen molar-refractivity contribution in [3.05, 3.63) is 65.2 Å². The third-order valence-corrected chi connectivity index (χ3v) is 6.83. The van der Waals surface area contributed by atoms with Crippen molar-refractivity contribution in [3.8, 4) is 0 Å². The Morgan fingerprint density at radius 1 is 1.09 bits per heavy atom. The van der Waals surface area contributed by atoms with Crippen molar-refractivity contribution in [2.45, 2.75) is 57.7 Å². The van der Waals surface area contributed by atoms with E-state index in [0.29, 0.717) is 30.5 Å². The molecule has 8 heteroatoms. The first kappa shape index (κ1) is 23.5. The molecule has 8 nitrogen and oxygen atoms in total. The SMILES string of the molecule is CC[C@H](C)[C@H](NC(=O)c1ccccc1)C(=O)N[C@H]1CCc2cccc3c2N(C1=O)[C@H](C(=O)O)C3. The molecular formula is C26H29N3O5. The summed E-state index contributed by atoms with van der Waals surface area (Å²) in [6.07, 6.45) is 1.78. The Bertz CT molecular complexity index is 1120. The molecule has 0 spiro atoms. The summed E-state index contributed by atoms with van der Waals surface area (Å²) in [4.78, 5) is 52.8. The molecule has 0 fully saturated rings. The first-order chi connectivity index (χ1) is 16.3. The maximum atomic E-state index is 13.5. The number of carboxylic acids is 1. The quantitative estimate of drug-likeness (QED) is 0.583. The number of nitrogens with one attached hydrogen (secondary N) is 2. The van der Waals surface area contributed by atoms with Crippen LogP contribution in [0, 0.1) is 5.92 Å². The number of rotatable bonds is 7. The van der Waals surface area contributed by atoms with E-state index < -0.39 is 35.9 Å². The maximum absolute atomic E-state index is 13.5. The minimum Gasteiger partial charge on any atom is -0.480 e. The van der Waals surface area contributed by atoms with E-state index in [9.17, 15) is 24.3 Å². The molecule has 34 heavy (non-hydrogen) atoms. The molecule has 4 atom stereocenters. The number of amides is 3. The van der Waals surface area contributed by atoms with Gasteiger partial charge in [-0.25, -0.2) is 4.79 Å². The van der Waals surface area contributed by atoms with Crippen molar-refractivity contribution in [2.24, 2.45) is 5.92 Å². The lowest BCUT2D eigenvalue weighted by Crippen LogP contribution is -2.57. The molecule has 3 amide bonds. The highest BCUT2D eigenvalue weighted by atomic mass is 16.4. The molecule has 0 saturated carbocycles. The van der Waals surface area contributed by atoms with Crippen molar-refractivity contribution >= 4 is 29.4 Å². The highest BCUT2D eigenvalue weighted by Crippen LogP contribution is 2.39. The average molecular weight is 464 g/mol. The fourth-order valence-corrected chi connectivity index (χ4v) is 4.74. The standard InChI is InChI=1S/C26H29N3O5/c1-3-15(2)21(28-23(30)17-8-5-4-6-9-17)24(31)27-19-13-12-16-10-7-11-18-14-20(26(33)34)29(22(16)18)25(19)32/h4-11,15,19-21H,3,12-14H2,1-2H3,(H,27,31)(H,28,30)(H,33,34)/t15-,19-,20-,21-/m0/s1. The number of aryl methyl sites for hydroxylation is 1. The van der Waals surface area contributed by atoms with Gasteiger partial charge in [-0.15, -0.1) is 0 Å². The second-order valence-corrected chi connectivity index (χ2v) is 8.99. The smallest absolute Gasteiger partial charge is 0.327 e. The van der Waals surface area contributed by atoms with Crippen LogP contribution in [0.5, 0.6) is 0 Å². The number of para-hydroxylation sites is 1. The van der Waals surface area contributed by atoms with Gasteiger partial charge in [-0.05, 0) is 42.0 Å². The van der Waals surface area contributed by atoms with Gasteiger partial charge < -0.3 is 15.7 Å². The van der Waals surface area contributed by atoms with Crippen molar-refractivity contribution in [3.63, 3.8) is 0 Å². The Balaban J connectivity index is 1.56. The molecule has 2 aliphatic rings. The predicted octanol–water partition coefficient (Wildman–Crippen LogP) is 2.30. The number of carbonyl (C=O) groups is 4. The lowest BCUT2D eigenvalue weighted by Gasteiger charge is -2.29. The molecule has 0 bridgehead atoms. The number of benzene rings is 2. The zero-order chi connectivity index (χ0) is 24.4. The molecule has 0 unspecified atom stereocenters. The third-order valence-electron chi connectivity index (χ3n) is 6.83. The van der Waals surface area contributed by atoms with Crippen LogP contribution in [0.2, 0.25) is 0 Å². The molecule has 178 valence electrons. The second kappa shape index (κ2) is 9.67. The van der Waals surface area contributed by atoms with E-state index in [1.54, 1.807) is 30.3 Å². The molecule has 0 aromatic heterocycles. The van der Waals surface area contributed by atoms with Crippen molar-refractivity contribution in [1.29, 1.82) is 0 Å². The maximum Gasteiger partial charge on any atom is 0.327 e. The molecular weight excluding hydrogens is 434 g/mol. The Labute approximate surface area is 198 Å². The number of anilines is 1. The van der Waals surface area contributed by atoms with Gasteiger partial charge in [0.25, 0.3) is 5.91 Å². The van der Waals surface area contributed by atoms with Crippen LogP contribution in [0.25, 0.3) is 0 Å². The van der Waals surface area contributed by atoms with E-state index in [-0.39, 0.29) is 18.2 Å². The van der Waals surface area contributed by atoms with Crippen LogP contribution in [0.3, 0.4) is 0 Å². The van der Waals surface area contributed by atoms with Gasteiger partial charge in [-0.2, -0.15) is 0 Å².